The highest BCUT2D eigenvalue weighted by atomic mass is 32.2. The van der Waals surface area contributed by atoms with E-state index in [1.165, 1.54) is 19.3 Å². The summed E-state index contributed by atoms with van der Waals surface area (Å²) in [4.78, 5) is 21.0. The second-order valence-corrected chi connectivity index (χ2v) is 8.64. The zero-order valence-electron chi connectivity index (χ0n) is 15.7. The molecule has 0 saturated heterocycles. The van der Waals surface area contributed by atoms with E-state index in [1.807, 2.05) is 18.4 Å². The van der Waals surface area contributed by atoms with Gasteiger partial charge in [-0.2, -0.15) is 0 Å². The molecule has 1 aliphatic carbocycles. The summed E-state index contributed by atoms with van der Waals surface area (Å²) in [5, 5.41) is 5.09. The quantitative estimate of drug-likeness (QED) is 0.668. The fraction of sp³-hybridized carbons (Fsp3) is 0.526. The molecular weight excluding hydrogens is 382 g/mol. The smallest absolute Gasteiger partial charge is 0.258 e. The molecule has 0 unspecified atom stereocenters. The Hall–Kier alpha value is -1.80. The number of methoxy groups -OCH3 is 1. The van der Waals surface area contributed by atoms with Crippen molar-refractivity contribution in [2.75, 3.05) is 13.7 Å². The van der Waals surface area contributed by atoms with Crippen molar-refractivity contribution in [3.05, 3.63) is 29.0 Å². The average Bonchev–Trinajstić information content (AvgIpc) is 3.11. The number of aromatic nitrogens is 2. The van der Waals surface area contributed by atoms with Crippen molar-refractivity contribution in [1.29, 1.82) is 0 Å². The monoisotopic (exact) mass is 407 g/mol. The Kier molecular flexibility index (Phi) is 7.34. The van der Waals surface area contributed by atoms with Crippen molar-refractivity contribution in [2.45, 2.75) is 55.2 Å². The summed E-state index contributed by atoms with van der Waals surface area (Å²) in [5.74, 6) is 1.66. The minimum absolute atomic E-state index is 0.0187. The van der Waals surface area contributed by atoms with E-state index in [4.69, 9.17) is 9.47 Å². The maximum Gasteiger partial charge on any atom is 0.258 e. The minimum atomic E-state index is -0.0880. The third-order valence-corrected chi connectivity index (χ3v) is 6.55. The van der Waals surface area contributed by atoms with Crippen LogP contribution in [-0.2, 0) is 10.5 Å². The van der Waals surface area contributed by atoms with Crippen LogP contribution >= 0.6 is 23.1 Å². The minimum Gasteiger partial charge on any atom is -0.491 e. The van der Waals surface area contributed by atoms with Crippen molar-refractivity contribution in [3.8, 4) is 11.5 Å². The van der Waals surface area contributed by atoms with Crippen molar-refractivity contribution < 1.29 is 14.3 Å². The first-order chi connectivity index (χ1) is 13.1. The van der Waals surface area contributed by atoms with Crippen LogP contribution in [0.25, 0.3) is 0 Å². The number of aryl methyl sites for hydroxylation is 1. The normalized spacial score (nSPS) is 14.7. The Morgan fingerprint density at radius 2 is 2.15 bits per heavy atom. The molecule has 3 rings (SSSR count). The van der Waals surface area contributed by atoms with Crippen LogP contribution in [-0.4, -0.2) is 35.6 Å². The molecular formula is C19H25N3O3S2. The molecule has 8 heteroatoms. The Morgan fingerprint density at radius 1 is 1.33 bits per heavy atom. The summed E-state index contributed by atoms with van der Waals surface area (Å²) in [5.41, 5.74) is 1.88. The van der Waals surface area contributed by atoms with E-state index in [0.29, 0.717) is 17.3 Å². The average molecular weight is 408 g/mol. The Labute approximate surface area is 168 Å². The molecule has 1 aliphatic rings. The first-order valence-electron chi connectivity index (χ1n) is 9.14. The number of pyridine rings is 1. The van der Waals surface area contributed by atoms with Crippen LogP contribution in [0.3, 0.4) is 0 Å². The number of thiazole rings is 1. The fourth-order valence-electron chi connectivity index (χ4n) is 3.00. The van der Waals surface area contributed by atoms with Gasteiger partial charge in [0.2, 0.25) is 0 Å². The first kappa shape index (κ1) is 19.9. The molecule has 2 heterocycles. The highest BCUT2D eigenvalue weighted by Gasteiger charge is 2.17. The molecule has 1 fully saturated rings. The largest absolute Gasteiger partial charge is 0.491 e. The SMILES string of the molecule is COc1cnc(CSc2nc(C)cs2)cc1OCC(=O)NC1CCCCC1. The number of amides is 1. The van der Waals surface area contributed by atoms with Crippen molar-refractivity contribution in [3.63, 3.8) is 0 Å². The second-order valence-electron chi connectivity index (χ2n) is 6.56. The van der Waals surface area contributed by atoms with Gasteiger partial charge in [0.05, 0.1) is 19.0 Å². The van der Waals surface area contributed by atoms with Crippen molar-refractivity contribution in [2.24, 2.45) is 0 Å². The van der Waals surface area contributed by atoms with Crippen molar-refractivity contribution >= 4 is 29.0 Å². The summed E-state index contributed by atoms with van der Waals surface area (Å²) < 4.78 is 12.1. The maximum atomic E-state index is 12.2. The molecule has 1 amide bonds. The zero-order chi connectivity index (χ0) is 19.1. The highest BCUT2D eigenvalue weighted by Crippen LogP contribution is 2.30. The van der Waals surface area contributed by atoms with Gasteiger partial charge < -0.3 is 14.8 Å². The Balaban J connectivity index is 1.55. The molecule has 0 aromatic carbocycles. The third-order valence-electron chi connectivity index (χ3n) is 4.38. The fourth-order valence-corrected chi connectivity index (χ4v) is 4.76. The molecule has 27 heavy (non-hydrogen) atoms. The number of ether oxygens (including phenoxy) is 2. The first-order valence-corrected chi connectivity index (χ1v) is 11.0. The van der Waals surface area contributed by atoms with Gasteiger partial charge in [-0.1, -0.05) is 31.0 Å². The number of hydrogen-bond acceptors (Lipinski definition) is 7. The van der Waals surface area contributed by atoms with Gasteiger partial charge in [0.1, 0.15) is 4.34 Å². The number of thioether (sulfide) groups is 1. The number of carbonyl (C=O) groups is 1. The predicted octanol–water partition coefficient (Wildman–Crippen LogP) is 3.98. The predicted molar refractivity (Wildman–Crippen MR) is 108 cm³/mol. The molecule has 1 saturated carbocycles. The van der Waals surface area contributed by atoms with Crippen LogP contribution in [0.4, 0.5) is 0 Å². The van der Waals surface area contributed by atoms with E-state index in [0.717, 1.165) is 28.6 Å². The van der Waals surface area contributed by atoms with Crippen LogP contribution in [0.1, 0.15) is 43.5 Å². The molecule has 0 radical (unpaired) electrons. The lowest BCUT2D eigenvalue weighted by atomic mass is 9.95. The number of carbonyl (C=O) groups excluding carboxylic acids is 1. The molecule has 0 bridgehead atoms. The topological polar surface area (TPSA) is 73.3 Å². The van der Waals surface area contributed by atoms with E-state index in [1.54, 1.807) is 36.4 Å². The van der Waals surface area contributed by atoms with Gasteiger partial charge in [0.15, 0.2) is 18.1 Å². The molecule has 0 spiro atoms. The lowest BCUT2D eigenvalue weighted by Crippen LogP contribution is -2.39. The molecule has 2 aromatic heterocycles. The van der Waals surface area contributed by atoms with Crippen LogP contribution < -0.4 is 14.8 Å². The number of nitrogens with zero attached hydrogens (tertiary/aromatic N) is 2. The molecule has 0 aliphatic heterocycles. The standard InChI is InChI=1S/C19H25N3O3S2/c1-13-11-26-19(21-13)27-12-15-8-16(17(24-2)9-20-15)25-10-18(23)22-14-6-4-3-5-7-14/h8-9,11,14H,3-7,10,12H2,1-2H3,(H,22,23). The summed E-state index contributed by atoms with van der Waals surface area (Å²) in [6.07, 6.45) is 7.38. The molecule has 2 aromatic rings. The Bertz CT molecular complexity index is 760. The second kappa shape index (κ2) is 9.94. The van der Waals surface area contributed by atoms with E-state index < -0.39 is 0 Å². The van der Waals surface area contributed by atoms with E-state index in [-0.39, 0.29) is 18.6 Å². The van der Waals surface area contributed by atoms with Gasteiger partial charge in [-0.25, -0.2) is 4.98 Å². The zero-order valence-corrected chi connectivity index (χ0v) is 17.3. The van der Waals surface area contributed by atoms with Crippen LogP contribution in [0.5, 0.6) is 11.5 Å². The summed E-state index contributed by atoms with van der Waals surface area (Å²) in [6, 6.07) is 2.11. The highest BCUT2D eigenvalue weighted by molar-refractivity contribution is 8.00. The summed E-state index contributed by atoms with van der Waals surface area (Å²) in [6.45, 7) is 1.96. The van der Waals surface area contributed by atoms with Gasteiger partial charge in [-0.05, 0) is 19.8 Å². The summed E-state index contributed by atoms with van der Waals surface area (Å²) >= 11 is 3.26. The van der Waals surface area contributed by atoms with Gasteiger partial charge in [0, 0.05) is 28.9 Å². The van der Waals surface area contributed by atoms with E-state index in [9.17, 15) is 4.79 Å². The lowest BCUT2D eigenvalue weighted by Gasteiger charge is -2.22. The van der Waals surface area contributed by atoms with Gasteiger partial charge >= 0.3 is 0 Å². The maximum absolute atomic E-state index is 12.2. The van der Waals surface area contributed by atoms with Crippen molar-refractivity contribution in [1.82, 2.24) is 15.3 Å². The summed E-state index contributed by atoms with van der Waals surface area (Å²) in [7, 11) is 1.57. The van der Waals surface area contributed by atoms with Crippen LogP contribution in [0.2, 0.25) is 0 Å². The van der Waals surface area contributed by atoms with Crippen LogP contribution in [0.15, 0.2) is 22.0 Å². The number of hydrogen-bond donors (Lipinski definition) is 1. The molecule has 0 atom stereocenters. The van der Waals surface area contributed by atoms with Gasteiger partial charge in [-0.15, -0.1) is 11.3 Å². The van der Waals surface area contributed by atoms with Gasteiger partial charge in [0.25, 0.3) is 5.91 Å². The lowest BCUT2D eigenvalue weighted by molar-refractivity contribution is -0.124. The third kappa shape index (κ3) is 6.10. The number of nitrogens with one attached hydrogen (secondary N) is 1. The molecule has 1 N–H and O–H groups in total. The van der Waals surface area contributed by atoms with E-state index >= 15 is 0 Å². The Morgan fingerprint density at radius 3 is 2.85 bits per heavy atom. The number of rotatable bonds is 8. The van der Waals surface area contributed by atoms with E-state index in [2.05, 4.69) is 15.3 Å². The van der Waals surface area contributed by atoms with Gasteiger partial charge in [-0.3, -0.25) is 9.78 Å². The molecule has 146 valence electrons. The van der Waals surface area contributed by atoms with Crippen LogP contribution in [0, 0.1) is 6.92 Å². The molecule has 6 nitrogen and oxygen atoms in total.